The number of hydrogen-bond donors (Lipinski definition) is 2. The predicted octanol–water partition coefficient (Wildman–Crippen LogP) is 5.44. The van der Waals surface area contributed by atoms with Crippen LogP contribution >= 0.6 is 24.8 Å². The monoisotopic (exact) mass is 630 g/mol. The smallest absolute Gasteiger partial charge is 0.338 e. The number of rotatable bonds is 8. The lowest BCUT2D eigenvalue weighted by molar-refractivity contribution is 0.00338. The van der Waals surface area contributed by atoms with Gasteiger partial charge in [0.15, 0.2) is 0 Å². The molecule has 3 aromatic rings. The van der Waals surface area contributed by atoms with E-state index in [0.717, 1.165) is 51.9 Å². The Bertz CT molecular complexity index is 1180. The van der Waals surface area contributed by atoms with Gasteiger partial charge in [-0.15, -0.1) is 24.8 Å². The Morgan fingerprint density at radius 2 is 0.884 bits per heavy atom. The van der Waals surface area contributed by atoms with Gasteiger partial charge in [0.05, 0.1) is 11.1 Å². The summed E-state index contributed by atoms with van der Waals surface area (Å²) in [4.78, 5) is 26.4. The highest BCUT2D eigenvalue weighted by Crippen LogP contribution is 2.40. The molecule has 5 rings (SSSR count). The zero-order chi connectivity index (χ0) is 28.0. The Balaban J connectivity index is 0.00000215. The van der Waals surface area contributed by atoms with Crippen molar-refractivity contribution in [3.8, 4) is 0 Å². The third-order valence-corrected chi connectivity index (χ3v) is 9.17. The molecule has 2 fully saturated rings. The van der Waals surface area contributed by atoms with Crippen molar-refractivity contribution in [2.24, 2.45) is 0 Å². The Labute approximate surface area is 267 Å². The molecule has 2 aliphatic heterocycles. The third-order valence-electron chi connectivity index (χ3n) is 9.17. The van der Waals surface area contributed by atoms with Crippen LogP contribution in [0.3, 0.4) is 0 Å². The van der Waals surface area contributed by atoms with Crippen LogP contribution < -0.4 is 10.6 Å². The van der Waals surface area contributed by atoms with Crippen LogP contribution in [-0.2, 0) is 20.3 Å². The van der Waals surface area contributed by atoms with Gasteiger partial charge in [0.1, 0.15) is 12.2 Å². The van der Waals surface area contributed by atoms with Gasteiger partial charge >= 0.3 is 11.9 Å². The molecule has 0 bridgehead atoms. The minimum absolute atomic E-state index is 0. The normalized spacial score (nSPS) is 18.3. The summed E-state index contributed by atoms with van der Waals surface area (Å²) in [5.74, 6) is -0.764. The second-order valence-electron chi connectivity index (χ2n) is 11.2. The molecule has 2 atom stereocenters. The molecular formula is C34H44Cl2N2O5. The van der Waals surface area contributed by atoms with Crippen LogP contribution in [0, 0.1) is 0 Å². The van der Waals surface area contributed by atoms with E-state index in [4.69, 9.17) is 9.47 Å². The Morgan fingerprint density at radius 1 is 0.581 bits per heavy atom. The van der Waals surface area contributed by atoms with E-state index in [9.17, 15) is 9.59 Å². The second kappa shape index (κ2) is 16.2. The van der Waals surface area contributed by atoms with E-state index in [1.807, 2.05) is 50.2 Å². The summed E-state index contributed by atoms with van der Waals surface area (Å²) in [5, 5.41) is 6.85. The number of piperidine rings is 2. The average molecular weight is 632 g/mol. The number of benzene rings is 3. The fourth-order valence-corrected chi connectivity index (χ4v) is 6.57. The van der Waals surface area contributed by atoms with E-state index in [2.05, 4.69) is 34.9 Å². The molecule has 2 aliphatic rings. The fourth-order valence-electron chi connectivity index (χ4n) is 6.57. The molecule has 0 amide bonds. The van der Waals surface area contributed by atoms with E-state index in [-0.39, 0.29) is 65.3 Å². The second-order valence-corrected chi connectivity index (χ2v) is 11.2. The molecule has 7 nitrogen and oxygen atoms in total. The molecule has 0 radical (unpaired) electrons. The van der Waals surface area contributed by atoms with Crippen molar-refractivity contribution in [1.82, 2.24) is 10.6 Å². The van der Waals surface area contributed by atoms with Crippen molar-refractivity contribution in [2.45, 2.75) is 62.6 Å². The number of carbonyl (C=O) groups excluding carboxylic acids is 2. The maximum Gasteiger partial charge on any atom is 0.338 e. The summed E-state index contributed by atoms with van der Waals surface area (Å²) in [6.45, 7) is 7.52. The van der Waals surface area contributed by atoms with Crippen molar-refractivity contribution < 1.29 is 24.5 Å². The Morgan fingerprint density at radius 3 is 1.19 bits per heavy atom. The fraction of sp³-hybridized carbons (Fsp3) is 0.412. The summed E-state index contributed by atoms with van der Waals surface area (Å²) in [5.41, 5.74) is 2.79. The molecule has 234 valence electrons. The predicted molar refractivity (Wildman–Crippen MR) is 175 cm³/mol. The molecule has 0 spiro atoms. The van der Waals surface area contributed by atoms with Crippen LogP contribution in [0.4, 0.5) is 0 Å². The first-order valence-corrected chi connectivity index (χ1v) is 14.5. The molecule has 0 aliphatic carbocycles. The minimum atomic E-state index is -0.382. The first-order chi connectivity index (χ1) is 19.4. The van der Waals surface area contributed by atoms with Crippen LogP contribution in [0.1, 0.15) is 71.4 Å². The quantitative estimate of drug-likeness (QED) is 0.321. The van der Waals surface area contributed by atoms with Crippen molar-refractivity contribution in [3.63, 3.8) is 0 Å². The lowest BCUT2D eigenvalue weighted by Crippen LogP contribution is -2.48. The maximum atomic E-state index is 13.2. The molecule has 2 heterocycles. The SMILES string of the molecule is CC(OC(=O)c1ccc(C(=O)OC(C)C2(c3ccccc3)CCNCC2)cc1)C1(c2ccccc2)CCNCC1.Cl.Cl.O. The molecule has 2 unspecified atom stereocenters. The minimum Gasteiger partial charge on any atom is -0.458 e. The summed E-state index contributed by atoms with van der Waals surface area (Å²) in [6.07, 6.45) is 3.00. The van der Waals surface area contributed by atoms with Crippen molar-refractivity contribution in [1.29, 1.82) is 0 Å². The largest absolute Gasteiger partial charge is 0.458 e. The maximum absolute atomic E-state index is 13.2. The first-order valence-electron chi connectivity index (χ1n) is 14.5. The van der Waals surface area contributed by atoms with E-state index in [0.29, 0.717) is 11.1 Å². The van der Waals surface area contributed by atoms with E-state index in [1.54, 1.807) is 24.3 Å². The van der Waals surface area contributed by atoms with Gasteiger partial charge < -0.3 is 25.6 Å². The van der Waals surface area contributed by atoms with Crippen molar-refractivity contribution in [3.05, 3.63) is 107 Å². The molecule has 9 heteroatoms. The van der Waals surface area contributed by atoms with E-state index < -0.39 is 0 Å². The summed E-state index contributed by atoms with van der Waals surface area (Å²) in [7, 11) is 0. The van der Waals surface area contributed by atoms with Crippen LogP contribution in [0.5, 0.6) is 0 Å². The highest BCUT2D eigenvalue weighted by atomic mass is 35.5. The van der Waals surface area contributed by atoms with Gasteiger partial charge in [-0.3, -0.25) is 0 Å². The number of nitrogens with one attached hydrogen (secondary N) is 2. The van der Waals surface area contributed by atoms with E-state index in [1.165, 1.54) is 11.1 Å². The molecule has 0 saturated carbocycles. The molecule has 3 aromatic carbocycles. The van der Waals surface area contributed by atoms with Gasteiger partial charge in [-0.05, 0) is 101 Å². The molecule has 0 aromatic heterocycles. The molecular weight excluding hydrogens is 587 g/mol. The molecule has 2 saturated heterocycles. The molecule has 43 heavy (non-hydrogen) atoms. The van der Waals surface area contributed by atoms with Crippen molar-refractivity contribution >= 4 is 36.8 Å². The van der Waals surface area contributed by atoms with Gasteiger partial charge in [0.25, 0.3) is 0 Å². The van der Waals surface area contributed by atoms with Crippen molar-refractivity contribution in [2.75, 3.05) is 26.2 Å². The highest BCUT2D eigenvalue weighted by Gasteiger charge is 2.42. The standard InChI is InChI=1S/C34H40N2O4.2ClH.H2O/c1-25(33(17-21-35-22-18-33)29-9-5-3-6-10-29)39-31(37)27-13-15-28(16-14-27)32(38)40-26(2)34(19-23-36-24-20-34)30-11-7-4-8-12-30;;;/h3-16,25-26,35-36H,17-24H2,1-2H3;2*1H;1H2. The van der Waals surface area contributed by atoms with Crippen LogP contribution in [0.25, 0.3) is 0 Å². The van der Waals surface area contributed by atoms with Crippen LogP contribution in [0.2, 0.25) is 0 Å². The Hall–Kier alpha value is -2.94. The topological polar surface area (TPSA) is 108 Å². The number of ether oxygens (including phenoxy) is 2. The highest BCUT2D eigenvalue weighted by molar-refractivity contribution is 5.93. The zero-order valence-corrected chi connectivity index (χ0v) is 26.5. The third kappa shape index (κ3) is 7.78. The number of hydrogen-bond acceptors (Lipinski definition) is 6. The van der Waals surface area contributed by atoms with Gasteiger partial charge in [-0.2, -0.15) is 0 Å². The number of halogens is 2. The van der Waals surface area contributed by atoms with E-state index >= 15 is 0 Å². The number of carbonyl (C=O) groups is 2. The van der Waals surface area contributed by atoms with Gasteiger partial charge in [0.2, 0.25) is 0 Å². The van der Waals surface area contributed by atoms with Gasteiger partial charge in [-0.1, -0.05) is 60.7 Å². The lowest BCUT2D eigenvalue weighted by Gasteiger charge is -2.42. The first kappa shape index (κ1) is 36.3. The summed E-state index contributed by atoms with van der Waals surface area (Å²) < 4.78 is 12.1. The average Bonchev–Trinajstić information content (AvgIpc) is 3.02. The summed E-state index contributed by atoms with van der Waals surface area (Å²) >= 11 is 0. The molecule has 4 N–H and O–H groups in total. The summed E-state index contributed by atoms with van der Waals surface area (Å²) in [6, 6.07) is 27.3. The zero-order valence-electron chi connectivity index (χ0n) is 24.8. The Kier molecular flexibility index (Phi) is 13.7. The van der Waals surface area contributed by atoms with Gasteiger partial charge in [0, 0.05) is 10.8 Å². The number of esters is 2. The lowest BCUT2D eigenvalue weighted by atomic mass is 9.69. The van der Waals surface area contributed by atoms with Crippen LogP contribution in [0.15, 0.2) is 84.9 Å². The van der Waals surface area contributed by atoms with Crippen LogP contribution in [-0.4, -0.2) is 55.8 Å². The van der Waals surface area contributed by atoms with Gasteiger partial charge in [-0.25, -0.2) is 9.59 Å².